The fourth-order valence-corrected chi connectivity index (χ4v) is 2.12. The maximum absolute atomic E-state index is 5.60. The van der Waals surface area contributed by atoms with Gasteiger partial charge in [-0.25, -0.2) is 0 Å². The molecule has 3 nitrogen and oxygen atoms in total. The van der Waals surface area contributed by atoms with Crippen LogP contribution in [0.5, 0.6) is 5.75 Å². The first-order chi connectivity index (χ1) is 6.29. The molecule has 4 heteroatoms. The molecule has 13 heavy (non-hydrogen) atoms. The number of para-hydroxylation sites is 1. The Morgan fingerprint density at radius 1 is 1.38 bits per heavy atom. The summed E-state index contributed by atoms with van der Waals surface area (Å²) >= 11 is 3.45. The maximum Gasteiger partial charge on any atom is 0.228 e. The second kappa shape index (κ2) is 2.32. The molecule has 3 rings (SSSR count). The summed E-state index contributed by atoms with van der Waals surface area (Å²) in [7, 11) is 0. The number of nitrogens with zero attached hydrogens (tertiary/aromatic N) is 2. The average Bonchev–Trinajstić information content (AvgIpc) is 2.85. The van der Waals surface area contributed by atoms with Crippen LogP contribution in [0.15, 0.2) is 32.9 Å². The molecule has 0 N–H and O–H groups in total. The maximum atomic E-state index is 5.60. The molecule has 0 amide bonds. The molecule has 2 aliphatic rings. The van der Waals surface area contributed by atoms with E-state index in [1.807, 2.05) is 12.1 Å². The summed E-state index contributed by atoms with van der Waals surface area (Å²) < 4.78 is 6.61. The number of halogens is 1. The van der Waals surface area contributed by atoms with Crippen LogP contribution in [0, 0.1) is 0 Å². The van der Waals surface area contributed by atoms with Gasteiger partial charge in [0.25, 0.3) is 0 Å². The topological polar surface area (TPSA) is 34.0 Å². The molecule has 0 radical (unpaired) electrons. The molecule has 1 spiro atoms. The molecule has 0 saturated carbocycles. The lowest BCUT2D eigenvalue weighted by Crippen LogP contribution is -2.29. The minimum Gasteiger partial charge on any atom is -0.487 e. The Kier molecular flexibility index (Phi) is 1.34. The first-order valence-electron chi connectivity index (χ1n) is 4.13. The molecule has 0 atom stereocenters. The van der Waals surface area contributed by atoms with Crippen LogP contribution in [0.2, 0.25) is 0 Å². The van der Waals surface area contributed by atoms with E-state index >= 15 is 0 Å². The number of hydrogen-bond donors (Lipinski definition) is 0. The Bertz CT molecular complexity index is 397. The Balaban J connectivity index is 2.05. The summed E-state index contributed by atoms with van der Waals surface area (Å²) in [6.07, 6.45) is 0.877. The number of fused-ring (bicyclic) bond motifs is 1. The van der Waals surface area contributed by atoms with Gasteiger partial charge in [-0.15, -0.1) is 0 Å². The quantitative estimate of drug-likeness (QED) is 0.684. The van der Waals surface area contributed by atoms with E-state index in [0.29, 0.717) is 6.61 Å². The van der Waals surface area contributed by atoms with Gasteiger partial charge in [0, 0.05) is 6.42 Å². The van der Waals surface area contributed by atoms with Crippen molar-refractivity contribution in [2.75, 3.05) is 6.61 Å². The lowest BCUT2D eigenvalue weighted by Gasteiger charge is -2.22. The summed E-state index contributed by atoms with van der Waals surface area (Å²) in [4.78, 5) is 0. The van der Waals surface area contributed by atoms with E-state index in [-0.39, 0.29) is 5.66 Å². The molecule has 0 aliphatic carbocycles. The van der Waals surface area contributed by atoms with Crippen LogP contribution in [0.3, 0.4) is 0 Å². The van der Waals surface area contributed by atoms with Gasteiger partial charge < -0.3 is 4.74 Å². The standard InChI is InChI=1S/C9H7BrN2O/c10-7-3-1-2-6-4-9(11-12-9)5-13-8(6)7/h1-3H,4-5H2. The number of benzene rings is 1. The van der Waals surface area contributed by atoms with Gasteiger partial charge in [-0.3, -0.25) is 0 Å². The summed E-state index contributed by atoms with van der Waals surface area (Å²) in [6.45, 7) is 0.586. The van der Waals surface area contributed by atoms with Crippen molar-refractivity contribution in [3.8, 4) is 5.75 Å². The van der Waals surface area contributed by atoms with E-state index < -0.39 is 0 Å². The molecule has 1 aromatic carbocycles. The predicted octanol–water partition coefficient (Wildman–Crippen LogP) is 2.55. The molecule has 1 aromatic rings. The molecule has 2 aliphatic heterocycles. The van der Waals surface area contributed by atoms with Crippen molar-refractivity contribution >= 4 is 15.9 Å². The Labute approximate surface area is 83.9 Å². The minimum atomic E-state index is -0.228. The van der Waals surface area contributed by atoms with Gasteiger partial charge >= 0.3 is 0 Å². The van der Waals surface area contributed by atoms with Crippen LogP contribution < -0.4 is 4.74 Å². The largest absolute Gasteiger partial charge is 0.487 e. The second-order valence-corrected chi connectivity index (χ2v) is 4.23. The predicted molar refractivity (Wildman–Crippen MR) is 50.9 cm³/mol. The van der Waals surface area contributed by atoms with Gasteiger partial charge in [0.1, 0.15) is 12.4 Å². The van der Waals surface area contributed by atoms with E-state index in [1.165, 1.54) is 5.56 Å². The van der Waals surface area contributed by atoms with Gasteiger partial charge in [-0.1, -0.05) is 12.1 Å². The van der Waals surface area contributed by atoms with Crippen LogP contribution in [0.25, 0.3) is 0 Å². The highest BCUT2D eigenvalue weighted by Crippen LogP contribution is 2.42. The lowest BCUT2D eigenvalue weighted by molar-refractivity contribution is 0.239. The highest BCUT2D eigenvalue weighted by Gasteiger charge is 2.45. The van der Waals surface area contributed by atoms with Crippen molar-refractivity contribution in [1.29, 1.82) is 0 Å². The van der Waals surface area contributed by atoms with Crippen LogP contribution in [-0.2, 0) is 6.42 Å². The molecule has 0 bridgehead atoms. The summed E-state index contributed by atoms with van der Waals surface area (Å²) in [6, 6.07) is 6.05. The Hall–Kier alpha value is -0.900. The molecular formula is C9H7BrN2O. The third-order valence-electron chi connectivity index (χ3n) is 2.35. The van der Waals surface area contributed by atoms with Gasteiger partial charge in [-0.2, -0.15) is 10.2 Å². The van der Waals surface area contributed by atoms with Crippen LogP contribution in [-0.4, -0.2) is 12.3 Å². The second-order valence-electron chi connectivity index (χ2n) is 3.38. The fourth-order valence-electron chi connectivity index (χ4n) is 1.60. The highest BCUT2D eigenvalue weighted by molar-refractivity contribution is 9.10. The zero-order valence-corrected chi connectivity index (χ0v) is 8.41. The van der Waals surface area contributed by atoms with Crippen molar-refractivity contribution in [2.24, 2.45) is 10.2 Å². The zero-order chi connectivity index (χ0) is 8.89. The number of ether oxygens (including phenoxy) is 1. The third kappa shape index (κ3) is 1.09. The molecule has 0 unspecified atom stereocenters. The molecule has 0 aromatic heterocycles. The number of rotatable bonds is 0. The molecular weight excluding hydrogens is 232 g/mol. The van der Waals surface area contributed by atoms with Gasteiger partial charge in [-0.05, 0) is 27.6 Å². The summed E-state index contributed by atoms with van der Waals surface area (Å²) in [5.74, 6) is 0.949. The van der Waals surface area contributed by atoms with Crippen molar-refractivity contribution in [2.45, 2.75) is 12.1 Å². The van der Waals surface area contributed by atoms with Crippen molar-refractivity contribution in [3.05, 3.63) is 28.2 Å². The number of hydrogen-bond acceptors (Lipinski definition) is 3. The van der Waals surface area contributed by atoms with Crippen LogP contribution in [0.1, 0.15) is 5.56 Å². The average molecular weight is 239 g/mol. The van der Waals surface area contributed by atoms with Gasteiger partial charge in [0.05, 0.1) is 4.47 Å². The third-order valence-corrected chi connectivity index (χ3v) is 2.98. The zero-order valence-electron chi connectivity index (χ0n) is 6.83. The Morgan fingerprint density at radius 2 is 2.23 bits per heavy atom. The normalized spacial score (nSPS) is 21.0. The fraction of sp³-hybridized carbons (Fsp3) is 0.333. The van der Waals surface area contributed by atoms with E-state index in [9.17, 15) is 0 Å². The van der Waals surface area contributed by atoms with Crippen molar-refractivity contribution < 1.29 is 4.74 Å². The van der Waals surface area contributed by atoms with Gasteiger partial charge in [0.2, 0.25) is 5.66 Å². The molecule has 66 valence electrons. The van der Waals surface area contributed by atoms with Crippen molar-refractivity contribution in [1.82, 2.24) is 0 Å². The first-order valence-corrected chi connectivity index (χ1v) is 4.93. The monoisotopic (exact) mass is 238 g/mol. The van der Waals surface area contributed by atoms with E-state index in [2.05, 4.69) is 32.2 Å². The molecule has 0 fully saturated rings. The minimum absolute atomic E-state index is 0.228. The summed E-state index contributed by atoms with van der Waals surface area (Å²) in [5, 5.41) is 8.01. The van der Waals surface area contributed by atoms with E-state index in [1.54, 1.807) is 0 Å². The smallest absolute Gasteiger partial charge is 0.228 e. The summed E-state index contributed by atoms with van der Waals surface area (Å²) in [5.41, 5.74) is 0.957. The van der Waals surface area contributed by atoms with Crippen LogP contribution >= 0.6 is 15.9 Å². The van der Waals surface area contributed by atoms with E-state index in [0.717, 1.165) is 16.6 Å². The molecule has 0 saturated heterocycles. The molecule has 2 heterocycles. The Morgan fingerprint density at radius 3 is 3.00 bits per heavy atom. The van der Waals surface area contributed by atoms with E-state index in [4.69, 9.17) is 4.74 Å². The highest BCUT2D eigenvalue weighted by atomic mass is 79.9. The van der Waals surface area contributed by atoms with Crippen molar-refractivity contribution in [3.63, 3.8) is 0 Å². The van der Waals surface area contributed by atoms with Gasteiger partial charge in [0.15, 0.2) is 0 Å². The SMILES string of the molecule is Brc1cccc2c1OCC1(C2)N=N1. The first kappa shape index (κ1) is 7.50. The van der Waals surface area contributed by atoms with Crippen LogP contribution in [0.4, 0.5) is 0 Å². The lowest BCUT2D eigenvalue weighted by atomic mass is 10.0.